The predicted octanol–water partition coefficient (Wildman–Crippen LogP) is 4.15. The number of hydrogen-bond donors (Lipinski definition) is 1. The van der Waals surface area contributed by atoms with Crippen LogP contribution in [0.4, 0.5) is 4.39 Å². The molecule has 0 bridgehead atoms. The molecule has 3 aromatic carbocycles. The Kier molecular flexibility index (Phi) is 6.81. The molecule has 0 saturated heterocycles. The fourth-order valence-electron chi connectivity index (χ4n) is 3.75. The van der Waals surface area contributed by atoms with Crippen molar-refractivity contribution in [2.75, 3.05) is 7.11 Å². The minimum atomic E-state index is -4.17. The van der Waals surface area contributed by atoms with Crippen molar-refractivity contribution in [3.05, 3.63) is 111 Å². The Labute approximate surface area is 201 Å². The van der Waals surface area contributed by atoms with Gasteiger partial charge >= 0.3 is 5.97 Å². The van der Waals surface area contributed by atoms with Crippen molar-refractivity contribution >= 4 is 26.9 Å². The number of nitrogens with one attached hydrogen (secondary N) is 1. The molecule has 1 N–H and O–H groups in total. The van der Waals surface area contributed by atoms with E-state index < -0.39 is 27.4 Å². The van der Waals surface area contributed by atoms with Gasteiger partial charge in [0.25, 0.3) is 5.56 Å². The second-order valence-corrected chi connectivity index (χ2v) is 10.1. The summed E-state index contributed by atoms with van der Waals surface area (Å²) in [6.45, 7) is 1.57. The first-order valence-electron chi connectivity index (χ1n) is 10.7. The van der Waals surface area contributed by atoms with Crippen molar-refractivity contribution in [3.63, 3.8) is 0 Å². The number of fused-ring (bicyclic) bond motifs is 1. The molecule has 4 aromatic rings. The van der Waals surface area contributed by atoms with Crippen LogP contribution in [0.2, 0.25) is 0 Å². The van der Waals surface area contributed by atoms with Crippen LogP contribution in [0.1, 0.15) is 27.0 Å². The van der Waals surface area contributed by atoms with Crippen molar-refractivity contribution in [2.45, 2.75) is 24.9 Å². The number of aryl methyl sites for hydroxylation is 1. The van der Waals surface area contributed by atoms with E-state index in [0.29, 0.717) is 11.1 Å². The number of nitrogens with zero attached hydrogens (tertiary/aromatic N) is 1. The van der Waals surface area contributed by atoms with Gasteiger partial charge in [0.2, 0.25) is 10.0 Å². The summed E-state index contributed by atoms with van der Waals surface area (Å²) in [6, 6.07) is 18.2. The van der Waals surface area contributed by atoms with E-state index in [-0.39, 0.29) is 29.1 Å². The molecule has 180 valence electrons. The van der Waals surface area contributed by atoms with Crippen molar-refractivity contribution in [2.24, 2.45) is 0 Å². The summed E-state index contributed by atoms with van der Waals surface area (Å²) in [7, 11) is -2.96. The highest BCUT2D eigenvalue weighted by Crippen LogP contribution is 2.23. The lowest BCUT2D eigenvalue weighted by Crippen LogP contribution is -2.32. The zero-order valence-electron chi connectivity index (χ0n) is 19.1. The molecule has 1 heterocycles. The quantitative estimate of drug-likeness (QED) is 0.389. The van der Waals surface area contributed by atoms with E-state index in [1.165, 1.54) is 55.6 Å². The predicted molar refractivity (Wildman–Crippen MR) is 130 cm³/mol. The van der Waals surface area contributed by atoms with Crippen LogP contribution in [-0.4, -0.2) is 30.8 Å². The van der Waals surface area contributed by atoms with Crippen LogP contribution in [0.25, 0.3) is 10.9 Å². The molecule has 0 radical (unpaired) electrons. The van der Waals surface area contributed by atoms with Crippen molar-refractivity contribution in [3.8, 4) is 0 Å². The molecule has 0 saturated carbocycles. The van der Waals surface area contributed by atoms with Crippen LogP contribution in [-0.2, 0) is 27.8 Å². The Morgan fingerprint density at radius 3 is 2.46 bits per heavy atom. The number of carbonyl (C=O) groups is 1. The highest BCUT2D eigenvalue weighted by molar-refractivity contribution is 7.89. The second-order valence-electron chi connectivity index (χ2n) is 8.13. The normalized spacial score (nSPS) is 11.7. The van der Waals surface area contributed by atoms with Crippen LogP contribution in [0.5, 0.6) is 0 Å². The minimum Gasteiger partial charge on any atom is -0.465 e. The molecule has 0 aliphatic heterocycles. The SMILES string of the molecule is COC(=O)c1cccc(S(=O)(=O)N(Cc2ccc(F)cc2)Cc2cc3cc(C)ccc3[nH]c2=O)c1. The first-order chi connectivity index (χ1) is 16.7. The first kappa shape index (κ1) is 24.3. The van der Waals surface area contributed by atoms with Crippen molar-refractivity contribution < 1.29 is 22.3 Å². The molecule has 4 rings (SSSR count). The number of esters is 1. The van der Waals surface area contributed by atoms with Gasteiger partial charge in [0.15, 0.2) is 0 Å². The number of sulfonamides is 1. The van der Waals surface area contributed by atoms with Gasteiger partial charge < -0.3 is 9.72 Å². The number of hydrogen-bond acceptors (Lipinski definition) is 5. The fraction of sp³-hybridized carbons (Fsp3) is 0.154. The van der Waals surface area contributed by atoms with Gasteiger partial charge in [-0.25, -0.2) is 17.6 Å². The molecule has 35 heavy (non-hydrogen) atoms. The largest absolute Gasteiger partial charge is 0.465 e. The van der Waals surface area contributed by atoms with Gasteiger partial charge in [-0.3, -0.25) is 4.79 Å². The maximum atomic E-state index is 13.7. The highest BCUT2D eigenvalue weighted by Gasteiger charge is 2.27. The number of ether oxygens (including phenoxy) is 1. The lowest BCUT2D eigenvalue weighted by atomic mass is 10.1. The first-order valence-corrected chi connectivity index (χ1v) is 12.2. The maximum absolute atomic E-state index is 13.7. The number of H-pyrrole nitrogens is 1. The van der Waals surface area contributed by atoms with E-state index in [1.807, 2.05) is 19.1 Å². The summed E-state index contributed by atoms with van der Waals surface area (Å²) in [5, 5.41) is 0.770. The Morgan fingerprint density at radius 1 is 1.00 bits per heavy atom. The average Bonchev–Trinajstić information content (AvgIpc) is 2.85. The van der Waals surface area contributed by atoms with E-state index in [9.17, 15) is 22.4 Å². The zero-order chi connectivity index (χ0) is 25.2. The minimum absolute atomic E-state index is 0.0781. The van der Waals surface area contributed by atoms with Crippen LogP contribution < -0.4 is 5.56 Å². The number of pyridine rings is 1. The molecule has 7 nitrogen and oxygen atoms in total. The molecular formula is C26H23FN2O5S. The molecule has 0 fully saturated rings. The van der Waals surface area contributed by atoms with E-state index >= 15 is 0 Å². The highest BCUT2D eigenvalue weighted by atomic mass is 32.2. The van der Waals surface area contributed by atoms with Gasteiger partial charge in [0.05, 0.1) is 17.6 Å². The molecule has 1 aromatic heterocycles. The molecular weight excluding hydrogens is 471 g/mol. The summed E-state index contributed by atoms with van der Waals surface area (Å²) >= 11 is 0. The summed E-state index contributed by atoms with van der Waals surface area (Å²) in [5.74, 6) is -1.12. The van der Waals surface area contributed by atoms with Gasteiger partial charge in [-0.15, -0.1) is 0 Å². The standard InChI is InChI=1S/C26H23FN2O5S/c1-17-6-11-24-20(12-17)13-21(25(30)28-24)16-29(15-18-7-9-22(27)10-8-18)35(32,33)23-5-3-4-19(14-23)26(31)34-2/h3-14H,15-16H2,1-2H3,(H,28,30). The van der Waals surface area contributed by atoms with Gasteiger partial charge in [-0.2, -0.15) is 4.31 Å². The lowest BCUT2D eigenvalue weighted by molar-refractivity contribution is 0.0600. The Hall–Kier alpha value is -3.82. The number of aromatic nitrogens is 1. The molecule has 0 amide bonds. The van der Waals surface area contributed by atoms with Crippen molar-refractivity contribution in [1.29, 1.82) is 0 Å². The molecule has 0 atom stereocenters. The average molecular weight is 495 g/mol. The van der Waals surface area contributed by atoms with Gasteiger partial charge in [0, 0.05) is 24.2 Å². The van der Waals surface area contributed by atoms with Crippen LogP contribution >= 0.6 is 0 Å². The smallest absolute Gasteiger partial charge is 0.337 e. The van der Waals surface area contributed by atoms with Crippen LogP contribution in [0.15, 0.2) is 82.5 Å². The third kappa shape index (κ3) is 5.31. The van der Waals surface area contributed by atoms with Crippen LogP contribution in [0, 0.1) is 12.7 Å². The number of carbonyl (C=O) groups excluding carboxylic acids is 1. The summed E-state index contributed by atoms with van der Waals surface area (Å²) < 4.78 is 46.6. The molecule has 0 aliphatic rings. The number of rotatable bonds is 7. The van der Waals surface area contributed by atoms with E-state index in [1.54, 1.807) is 12.1 Å². The molecule has 9 heteroatoms. The Morgan fingerprint density at radius 2 is 1.74 bits per heavy atom. The van der Waals surface area contributed by atoms with Gasteiger partial charge in [-0.1, -0.05) is 29.8 Å². The summed E-state index contributed by atoms with van der Waals surface area (Å²) in [6.07, 6.45) is 0. The Balaban J connectivity index is 1.79. The number of methoxy groups -OCH3 is 1. The summed E-state index contributed by atoms with van der Waals surface area (Å²) in [5.41, 5.74) is 2.08. The topological polar surface area (TPSA) is 96.5 Å². The van der Waals surface area contributed by atoms with E-state index in [2.05, 4.69) is 4.98 Å². The molecule has 0 unspecified atom stereocenters. The fourth-order valence-corrected chi connectivity index (χ4v) is 5.20. The second kappa shape index (κ2) is 9.81. The Bertz CT molecular complexity index is 1560. The molecule has 0 spiro atoms. The monoisotopic (exact) mass is 494 g/mol. The third-order valence-electron chi connectivity index (χ3n) is 5.59. The van der Waals surface area contributed by atoms with Gasteiger partial charge in [-0.05, 0) is 66.4 Å². The lowest BCUT2D eigenvalue weighted by Gasteiger charge is -2.23. The van der Waals surface area contributed by atoms with Crippen molar-refractivity contribution in [1.82, 2.24) is 9.29 Å². The third-order valence-corrected chi connectivity index (χ3v) is 7.38. The maximum Gasteiger partial charge on any atom is 0.337 e. The number of benzene rings is 3. The van der Waals surface area contributed by atoms with Crippen LogP contribution in [0.3, 0.4) is 0 Å². The summed E-state index contributed by atoms with van der Waals surface area (Å²) in [4.78, 5) is 27.4. The van der Waals surface area contributed by atoms with E-state index in [4.69, 9.17) is 4.74 Å². The van der Waals surface area contributed by atoms with Gasteiger partial charge in [0.1, 0.15) is 5.82 Å². The van der Waals surface area contributed by atoms with E-state index in [0.717, 1.165) is 15.3 Å². The zero-order valence-corrected chi connectivity index (χ0v) is 19.9. The number of aromatic amines is 1. The molecule has 0 aliphatic carbocycles. The number of halogens is 1.